The van der Waals surface area contributed by atoms with E-state index in [9.17, 15) is 9.90 Å². The smallest absolute Gasteiger partial charge is 0.270 e. The third-order valence-electron chi connectivity index (χ3n) is 3.46. The summed E-state index contributed by atoms with van der Waals surface area (Å²) in [4.78, 5) is 18.7. The molecule has 1 amide bonds. The maximum atomic E-state index is 11.6. The van der Waals surface area contributed by atoms with Gasteiger partial charge in [0.25, 0.3) is 5.91 Å². The van der Waals surface area contributed by atoms with Crippen LogP contribution in [0.15, 0.2) is 30.3 Å². The second kappa shape index (κ2) is 9.05. The molecule has 0 aliphatic heterocycles. The van der Waals surface area contributed by atoms with Gasteiger partial charge in [0.05, 0.1) is 0 Å². The lowest BCUT2D eigenvalue weighted by molar-refractivity contribution is 0.0952. The van der Waals surface area contributed by atoms with Gasteiger partial charge in [0.1, 0.15) is 18.5 Å². The van der Waals surface area contributed by atoms with E-state index in [1.807, 2.05) is 30.3 Å². The number of ether oxygens (including phenoxy) is 1. The zero-order chi connectivity index (χ0) is 17.4. The SMILES string of the molecule is CCCCNCC(O)COc1nc(-c2ccccc2)[nH]c1C(N)=O. The summed E-state index contributed by atoms with van der Waals surface area (Å²) >= 11 is 0. The van der Waals surface area contributed by atoms with E-state index in [2.05, 4.69) is 22.2 Å². The number of benzene rings is 1. The van der Waals surface area contributed by atoms with E-state index in [1.54, 1.807) is 0 Å². The first-order valence-electron chi connectivity index (χ1n) is 8.08. The fourth-order valence-corrected chi connectivity index (χ4v) is 2.17. The largest absolute Gasteiger partial charge is 0.473 e. The highest BCUT2D eigenvalue weighted by Gasteiger charge is 2.18. The Morgan fingerprint density at radius 2 is 2.17 bits per heavy atom. The van der Waals surface area contributed by atoms with Crippen molar-refractivity contribution >= 4 is 5.91 Å². The van der Waals surface area contributed by atoms with Crippen LogP contribution in [-0.2, 0) is 0 Å². The first-order chi connectivity index (χ1) is 11.6. The Bertz CT molecular complexity index is 643. The number of carbonyl (C=O) groups excluding carboxylic acids is 1. The quantitative estimate of drug-likeness (QED) is 0.490. The van der Waals surface area contributed by atoms with Gasteiger partial charge in [-0.1, -0.05) is 43.7 Å². The van der Waals surface area contributed by atoms with Crippen LogP contribution in [0.2, 0.25) is 0 Å². The van der Waals surface area contributed by atoms with Gasteiger partial charge in [-0.3, -0.25) is 4.79 Å². The molecule has 0 saturated heterocycles. The highest BCUT2D eigenvalue weighted by Crippen LogP contribution is 2.22. The third-order valence-corrected chi connectivity index (χ3v) is 3.46. The molecule has 0 saturated carbocycles. The minimum Gasteiger partial charge on any atom is -0.473 e. The molecule has 1 atom stereocenters. The topological polar surface area (TPSA) is 113 Å². The first kappa shape index (κ1) is 18.0. The molecule has 1 aromatic heterocycles. The summed E-state index contributed by atoms with van der Waals surface area (Å²) in [5.41, 5.74) is 6.27. The van der Waals surface area contributed by atoms with Gasteiger partial charge in [0, 0.05) is 12.1 Å². The normalized spacial score (nSPS) is 12.1. The van der Waals surface area contributed by atoms with Crippen LogP contribution in [0.3, 0.4) is 0 Å². The Labute approximate surface area is 141 Å². The van der Waals surface area contributed by atoms with Crippen molar-refractivity contribution < 1.29 is 14.6 Å². The van der Waals surface area contributed by atoms with E-state index in [0.717, 1.165) is 24.9 Å². The molecule has 1 aromatic carbocycles. The number of aromatic nitrogens is 2. The molecule has 7 nitrogen and oxygen atoms in total. The van der Waals surface area contributed by atoms with Crippen molar-refractivity contribution in [1.82, 2.24) is 15.3 Å². The maximum absolute atomic E-state index is 11.6. The second-order valence-electron chi connectivity index (χ2n) is 5.52. The number of hydrogen-bond acceptors (Lipinski definition) is 5. The monoisotopic (exact) mass is 332 g/mol. The number of hydrogen-bond donors (Lipinski definition) is 4. The molecule has 130 valence electrons. The molecule has 1 unspecified atom stereocenters. The molecule has 5 N–H and O–H groups in total. The number of H-pyrrole nitrogens is 1. The molecular formula is C17H24N4O3. The Balaban J connectivity index is 1.99. The zero-order valence-corrected chi connectivity index (χ0v) is 13.8. The third kappa shape index (κ3) is 5.07. The Kier molecular flexibility index (Phi) is 6.77. The van der Waals surface area contributed by atoms with Gasteiger partial charge in [-0.05, 0) is 13.0 Å². The lowest BCUT2D eigenvalue weighted by Crippen LogP contribution is -2.32. The molecule has 0 aliphatic carbocycles. The van der Waals surface area contributed by atoms with E-state index >= 15 is 0 Å². The minimum absolute atomic E-state index is 0.0263. The summed E-state index contributed by atoms with van der Waals surface area (Å²) in [6.07, 6.45) is 1.45. The van der Waals surface area contributed by atoms with Crippen LogP contribution >= 0.6 is 0 Å². The second-order valence-corrected chi connectivity index (χ2v) is 5.52. The number of nitrogens with one attached hydrogen (secondary N) is 2. The molecule has 0 aliphatic rings. The van der Waals surface area contributed by atoms with Crippen LogP contribution in [0.25, 0.3) is 11.4 Å². The van der Waals surface area contributed by atoms with Crippen molar-refractivity contribution in [3.05, 3.63) is 36.0 Å². The van der Waals surface area contributed by atoms with Crippen molar-refractivity contribution in [3.63, 3.8) is 0 Å². The van der Waals surface area contributed by atoms with Gasteiger partial charge in [-0.15, -0.1) is 0 Å². The lowest BCUT2D eigenvalue weighted by Gasteiger charge is -2.12. The number of aliphatic hydroxyl groups is 1. The van der Waals surface area contributed by atoms with Gasteiger partial charge in [0.15, 0.2) is 5.69 Å². The number of unbranched alkanes of at least 4 members (excludes halogenated alkanes) is 1. The van der Waals surface area contributed by atoms with Crippen molar-refractivity contribution in [2.45, 2.75) is 25.9 Å². The molecule has 0 fully saturated rings. The maximum Gasteiger partial charge on any atom is 0.270 e. The molecule has 7 heteroatoms. The fraction of sp³-hybridized carbons (Fsp3) is 0.412. The Morgan fingerprint density at radius 1 is 1.42 bits per heavy atom. The van der Waals surface area contributed by atoms with Crippen LogP contribution in [0, 0.1) is 0 Å². The van der Waals surface area contributed by atoms with Gasteiger partial charge < -0.3 is 25.9 Å². The van der Waals surface area contributed by atoms with Crippen molar-refractivity contribution in [1.29, 1.82) is 0 Å². The van der Waals surface area contributed by atoms with Crippen molar-refractivity contribution in [3.8, 4) is 17.3 Å². The van der Waals surface area contributed by atoms with Crippen molar-refractivity contribution in [2.24, 2.45) is 5.73 Å². The minimum atomic E-state index is -0.695. The van der Waals surface area contributed by atoms with Gasteiger partial charge in [-0.2, -0.15) is 4.98 Å². The summed E-state index contributed by atoms with van der Waals surface area (Å²) in [5.74, 6) is -0.0563. The molecule has 2 aromatic rings. The summed E-state index contributed by atoms with van der Waals surface area (Å²) < 4.78 is 5.49. The van der Waals surface area contributed by atoms with E-state index in [1.165, 1.54) is 0 Å². The summed E-state index contributed by atoms with van der Waals surface area (Å²) in [5, 5.41) is 13.1. The number of carbonyl (C=O) groups is 1. The van der Waals surface area contributed by atoms with Gasteiger partial charge in [0.2, 0.25) is 5.88 Å². The predicted molar refractivity (Wildman–Crippen MR) is 91.8 cm³/mol. The summed E-state index contributed by atoms with van der Waals surface area (Å²) in [7, 11) is 0. The average molecular weight is 332 g/mol. The summed E-state index contributed by atoms with van der Waals surface area (Å²) in [6, 6.07) is 9.35. The zero-order valence-electron chi connectivity index (χ0n) is 13.8. The number of nitrogens with two attached hydrogens (primary N) is 1. The lowest BCUT2D eigenvalue weighted by atomic mass is 10.2. The van der Waals surface area contributed by atoms with Gasteiger partial charge in [-0.25, -0.2) is 0 Å². The molecule has 0 radical (unpaired) electrons. The van der Waals surface area contributed by atoms with Crippen LogP contribution in [0.4, 0.5) is 0 Å². The average Bonchev–Trinajstić information content (AvgIpc) is 3.02. The molecule has 1 heterocycles. The first-order valence-corrected chi connectivity index (χ1v) is 8.08. The van der Waals surface area contributed by atoms with Crippen molar-refractivity contribution in [2.75, 3.05) is 19.7 Å². The standard InChI is InChI=1S/C17H24N4O3/c1-2-3-9-19-10-13(22)11-24-17-14(15(18)23)20-16(21-17)12-7-5-4-6-8-12/h4-8,13,19,22H,2-3,9-11H2,1H3,(H2,18,23)(H,20,21). The van der Waals surface area contributed by atoms with Crippen LogP contribution in [0.5, 0.6) is 5.88 Å². The molecular weight excluding hydrogens is 308 g/mol. The van der Waals surface area contributed by atoms with Crippen LogP contribution < -0.4 is 15.8 Å². The molecule has 2 rings (SSSR count). The predicted octanol–water partition coefficient (Wildman–Crippen LogP) is 1.31. The van der Waals surface area contributed by atoms with E-state index in [0.29, 0.717) is 12.4 Å². The Morgan fingerprint density at radius 3 is 2.83 bits per heavy atom. The number of imidazole rings is 1. The number of rotatable bonds is 10. The molecule has 0 bridgehead atoms. The fourth-order valence-electron chi connectivity index (χ4n) is 2.17. The molecule has 0 spiro atoms. The highest BCUT2D eigenvalue weighted by molar-refractivity contribution is 5.93. The summed E-state index contributed by atoms with van der Waals surface area (Å²) in [6.45, 7) is 3.40. The van der Waals surface area contributed by atoms with Crippen LogP contribution in [-0.4, -0.2) is 46.8 Å². The number of aliphatic hydroxyl groups excluding tert-OH is 1. The van der Waals surface area contributed by atoms with E-state index in [-0.39, 0.29) is 18.2 Å². The van der Waals surface area contributed by atoms with Gasteiger partial charge >= 0.3 is 0 Å². The van der Waals surface area contributed by atoms with E-state index < -0.39 is 12.0 Å². The van der Waals surface area contributed by atoms with E-state index in [4.69, 9.17) is 10.5 Å². The Hall–Kier alpha value is -2.38. The number of amides is 1. The number of nitrogens with zero attached hydrogens (tertiary/aromatic N) is 1. The van der Waals surface area contributed by atoms with Crippen LogP contribution in [0.1, 0.15) is 30.3 Å². The number of aromatic amines is 1. The highest BCUT2D eigenvalue weighted by atomic mass is 16.5. The number of primary amides is 1. The molecule has 24 heavy (non-hydrogen) atoms.